The minimum absolute atomic E-state index is 0.145. The molecule has 0 aliphatic heterocycles. The van der Waals surface area contributed by atoms with Crippen LogP contribution >= 0.6 is 43.2 Å². The third-order valence-corrected chi connectivity index (χ3v) is 6.36. The second kappa shape index (κ2) is 9.13. The number of fused-ring (bicyclic) bond motifs is 1. The quantitative estimate of drug-likeness (QED) is 0.184. The summed E-state index contributed by atoms with van der Waals surface area (Å²) in [6, 6.07) is 16.9. The van der Waals surface area contributed by atoms with Crippen molar-refractivity contribution in [3.8, 4) is 0 Å². The summed E-state index contributed by atoms with van der Waals surface area (Å²) in [5, 5.41) is 5.55. The van der Waals surface area contributed by atoms with Crippen molar-refractivity contribution < 1.29 is 18.0 Å². The first-order valence-electron chi connectivity index (χ1n) is 9.08. The Labute approximate surface area is 201 Å². The molecule has 32 heavy (non-hydrogen) atoms. The highest BCUT2D eigenvalue weighted by Crippen LogP contribution is 2.33. The fourth-order valence-electron chi connectivity index (χ4n) is 2.79. The Hall–Kier alpha value is -2.56. The number of hydrogen-bond acceptors (Lipinski definition) is 4. The molecule has 3 aromatic carbocycles. The van der Waals surface area contributed by atoms with Gasteiger partial charge in [-0.3, -0.25) is 4.79 Å². The van der Waals surface area contributed by atoms with E-state index < -0.39 is 17.6 Å². The maximum atomic E-state index is 13.2. The molecule has 4 aromatic rings. The maximum absolute atomic E-state index is 13.2. The summed E-state index contributed by atoms with van der Waals surface area (Å²) in [5.41, 5.74) is 0.300. The zero-order chi connectivity index (χ0) is 22.9. The number of carbonyl (C=O) groups is 1. The van der Waals surface area contributed by atoms with E-state index in [1.807, 2.05) is 24.3 Å². The fourth-order valence-corrected chi connectivity index (χ4v) is 4.53. The van der Waals surface area contributed by atoms with Gasteiger partial charge in [0.15, 0.2) is 0 Å². The highest BCUT2D eigenvalue weighted by molar-refractivity contribution is 9.10. The number of halogens is 5. The molecule has 0 atom stereocenters. The summed E-state index contributed by atoms with van der Waals surface area (Å²) in [5.74, 6) is -0.720. The standard InChI is InChI=1S/C22H12Br2F3N3OS/c23-16-6-4-13(5-7-16)12-28-30(21-29-18-9-8-17(24)11-19(18)32-21)20(31)14-2-1-3-15(10-14)22(25,26)27/h1-12H/b28-12+. The molecule has 0 radical (unpaired) electrons. The average Bonchev–Trinajstić information content (AvgIpc) is 3.17. The molecule has 0 bridgehead atoms. The lowest BCUT2D eigenvalue weighted by atomic mass is 10.1. The number of benzene rings is 3. The smallest absolute Gasteiger partial charge is 0.267 e. The Morgan fingerprint density at radius 2 is 1.72 bits per heavy atom. The van der Waals surface area contributed by atoms with Crippen molar-refractivity contribution in [3.05, 3.63) is 92.4 Å². The molecule has 1 heterocycles. The molecule has 0 fully saturated rings. The highest BCUT2D eigenvalue weighted by atomic mass is 79.9. The highest BCUT2D eigenvalue weighted by Gasteiger charge is 2.32. The van der Waals surface area contributed by atoms with Crippen molar-refractivity contribution in [2.75, 3.05) is 5.01 Å². The Bertz CT molecular complexity index is 1320. The third kappa shape index (κ3) is 5.08. The number of hydrogen-bond donors (Lipinski definition) is 0. The molecule has 1 amide bonds. The van der Waals surface area contributed by atoms with Crippen molar-refractivity contribution in [2.24, 2.45) is 5.10 Å². The van der Waals surface area contributed by atoms with Gasteiger partial charge < -0.3 is 0 Å². The van der Waals surface area contributed by atoms with Crippen molar-refractivity contribution in [1.82, 2.24) is 4.98 Å². The Balaban J connectivity index is 1.77. The van der Waals surface area contributed by atoms with Gasteiger partial charge in [0.05, 0.1) is 22.0 Å². The number of aromatic nitrogens is 1. The van der Waals surface area contributed by atoms with Crippen LogP contribution in [0.2, 0.25) is 0 Å². The van der Waals surface area contributed by atoms with Crippen molar-refractivity contribution >= 4 is 70.7 Å². The molecule has 1 aromatic heterocycles. The predicted molar refractivity (Wildman–Crippen MR) is 127 cm³/mol. The Morgan fingerprint density at radius 3 is 2.44 bits per heavy atom. The summed E-state index contributed by atoms with van der Waals surface area (Å²) in [6.45, 7) is 0. The van der Waals surface area contributed by atoms with Crippen molar-refractivity contribution in [1.29, 1.82) is 0 Å². The second-order valence-electron chi connectivity index (χ2n) is 6.60. The lowest BCUT2D eigenvalue weighted by Gasteiger charge is -2.15. The molecular weight excluding hydrogens is 571 g/mol. The van der Waals surface area contributed by atoms with Crippen LogP contribution in [0.1, 0.15) is 21.5 Å². The molecule has 0 saturated carbocycles. The second-order valence-corrected chi connectivity index (χ2v) is 9.44. The van der Waals surface area contributed by atoms with E-state index in [0.717, 1.165) is 30.8 Å². The van der Waals surface area contributed by atoms with Gasteiger partial charge in [0, 0.05) is 14.5 Å². The van der Waals surface area contributed by atoms with E-state index in [1.165, 1.54) is 29.7 Å². The van der Waals surface area contributed by atoms with E-state index in [-0.39, 0.29) is 10.7 Å². The van der Waals surface area contributed by atoms with E-state index in [9.17, 15) is 18.0 Å². The number of alkyl halides is 3. The number of thiazole rings is 1. The van der Waals surface area contributed by atoms with E-state index in [2.05, 4.69) is 41.9 Å². The van der Waals surface area contributed by atoms with Gasteiger partial charge in [-0.05, 0) is 54.1 Å². The Kier molecular flexibility index (Phi) is 6.45. The van der Waals surface area contributed by atoms with Gasteiger partial charge in [-0.25, -0.2) is 4.98 Å². The summed E-state index contributed by atoms with van der Waals surface area (Å²) in [7, 11) is 0. The first kappa shape index (κ1) is 22.6. The van der Waals surface area contributed by atoms with Gasteiger partial charge in [0.25, 0.3) is 5.91 Å². The number of hydrazone groups is 1. The Morgan fingerprint density at radius 1 is 1.00 bits per heavy atom. The zero-order valence-corrected chi connectivity index (χ0v) is 20.0. The average molecular weight is 583 g/mol. The first-order valence-corrected chi connectivity index (χ1v) is 11.5. The lowest BCUT2D eigenvalue weighted by Crippen LogP contribution is -2.26. The van der Waals surface area contributed by atoms with Crippen LogP contribution in [0.15, 0.2) is 80.8 Å². The number of rotatable bonds is 4. The van der Waals surface area contributed by atoms with Crippen molar-refractivity contribution in [2.45, 2.75) is 6.18 Å². The van der Waals surface area contributed by atoms with Gasteiger partial charge in [-0.15, -0.1) is 0 Å². The summed E-state index contributed by atoms with van der Waals surface area (Å²) < 4.78 is 42.0. The van der Waals surface area contributed by atoms with Gasteiger partial charge in [-0.1, -0.05) is 61.4 Å². The SMILES string of the molecule is O=C(c1cccc(C(F)(F)F)c1)N(/N=C/c1ccc(Br)cc1)c1nc2ccc(Br)cc2s1. The molecule has 0 aliphatic carbocycles. The number of carbonyl (C=O) groups excluding carboxylic acids is 1. The van der Waals surface area contributed by atoms with Gasteiger partial charge in [0.2, 0.25) is 5.13 Å². The predicted octanol–water partition coefficient (Wildman–Crippen LogP) is 7.52. The third-order valence-electron chi connectivity index (χ3n) is 4.34. The first-order chi connectivity index (χ1) is 15.2. The minimum atomic E-state index is -4.57. The van der Waals surface area contributed by atoms with Crippen LogP contribution in [-0.2, 0) is 6.18 Å². The molecule has 0 N–H and O–H groups in total. The molecule has 162 valence electrons. The van der Waals surface area contributed by atoms with Crippen LogP contribution < -0.4 is 5.01 Å². The van der Waals surface area contributed by atoms with Crippen LogP contribution in [-0.4, -0.2) is 17.1 Å². The molecule has 4 nitrogen and oxygen atoms in total. The zero-order valence-electron chi connectivity index (χ0n) is 16.0. The number of anilines is 1. The monoisotopic (exact) mass is 581 g/mol. The lowest BCUT2D eigenvalue weighted by molar-refractivity contribution is -0.137. The van der Waals surface area contributed by atoms with E-state index in [1.54, 1.807) is 18.2 Å². The molecule has 10 heteroatoms. The van der Waals surface area contributed by atoms with Gasteiger partial charge >= 0.3 is 6.18 Å². The van der Waals surface area contributed by atoms with Crippen LogP contribution in [0.3, 0.4) is 0 Å². The molecule has 4 rings (SSSR count). The topological polar surface area (TPSA) is 45.6 Å². The number of nitrogens with zero attached hydrogens (tertiary/aromatic N) is 3. The van der Waals surface area contributed by atoms with Crippen LogP contribution in [0.4, 0.5) is 18.3 Å². The van der Waals surface area contributed by atoms with Gasteiger partial charge in [0.1, 0.15) is 0 Å². The fraction of sp³-hybridized carbons (Fsp3) is 0.0455. The largest absolute Gasteiger partial charge is 0.416 e. The maximum Gasteiger partial charge on any atom is 0.416 e. The normalized spacial score (nSPS) is 11.9. The van der Waals surface area contributed by atoms with Crippen LogP contribution in [0.25, 0.3) is 10.2 Å². The van der Waals surface area contributed by atoms with Gasteiger partial charge in [-0.2, -0.15) is 23.3 Å². The van der Waals surface area contributed by atoms with Crippen LogP contribution in [0, 0.1) is 0 Å². The van der Waals surface area contributed by atoms with E-state index >= 15 is 0 Å². The summed E-state index contributed by atoms with van der Waals surface area (Å²) >= 11 is 7.96. The molecular formula is C22H12Br2F3N3OS. The summed E-state index contributed by atoms with van der Waals surface area (Å²) in [6.07, 6.45) is -3.11. The molecule has 0 spiro atoms. The molecule has 0 saturated heterocycles. The number of amides is 1. The van der Waals surface area contributed by atoms with Crippen LogP contribution in [0.5, 0.6) is 0 Å². The minimum Gasteiger partial charge on any atom is -0.267 e. The van der Waals surface area contributed by atoms with E-state index in [0.29, 0.717) is 11.1 Å². The summed E-state index contributed by atoms with van der Waals surface area (Å²) in [4.78, 5) is 17.7. The van der Waals surface area contributed by atoms with Crippen molar-refractivity contribution in [3.63, 3.8) is 0 Å². The molecule has 0 aliphatic rings. The van der Waals surface area contributed by atoms with E-state index in [4.69, 9.17) is 0 Å². The molecule has 0 unspecified atom stereocenters.